The van der Waals surface area contributed by atoms with Crippen LogP contribution in [0.1, 0.15) is 30.1 Å². The third-order valence-electron chi connectivity index (χ3n) is 5.07. The number of nitrogens with zero attached hydrogens (tertiary/aromatic N) is 2. The van der Waals surface area contributed by atoms with Crippen LogP contribution in [0.4, 0.5) is 0 Å². The Morgan fingerprint density at radius 3 is 2.95 bits per heavy atom. The average molecular weight is 285 g/mol. The van der Waals surface area contributed by atoms with Crippen LogP contribution >= 0.6 is 0 Å². The summed E-state index contributed by atoms with van der Waals surface area (Å²) >= 11 is 0. The number of amides is 1. The maximum absolute atomic E-state index is 12.5. The Hall–Kier alpha value is -1.88. The summed E-state index contributed by atoms with van der Waals surface area (Å²) in [5.41, 5.74) is 2.09. The Labute approximate surface area is 123 Å². The number of carbonyl (C=O) groups excluding carboxylic acids is 1. The summed E-state index contributed by atoms with van der Waals surface area (Å²) in [5, 5.41) is 3.23. The zero-order valence-corrected chi connectivity index (χ0v) is 12.1. The number of aromatic nitrogens is 1. The molecule has 21 heavy (non-hydrogen) atoms. The van der Waals surface area contributed by atoms with Crippen molar-refractivity contribution < 1.29 is 9.21 Å². The number of benzene rings is 1. The summed E-state index contributed by atoms with van der Waals surface area (Å²) in [6.07, 6.45) is 3.79. The molecule has 0 radical (unpaired) electrons. The first-order valence-corrected chi connectivity index (χ1v) is 7.60. The van der Waals surface area contributed by atoms with E-state index >= 15 is 0 Å². The van der Waals surface area contributed by atoms with Crippen LogP contribution in [-0.4, -0.2) is 41.0 Å². The van der Waals surface area contributed by atoms with Crippen LogP contribution in [0.15, 0.2) is 29.0 Å². The van der Waals surface area contributed by atoms with E-state index in [-0.39, 0.29) is 11.9 Å². The maximum Gasteiger partial charge on any atom is 0.251 e. The van der Waals surface area contributed by atoms with Crippen molar-refractivity contribution in [3.63, 3.8) is 0 Å². The van der Waals surface area contributed by atoms with Gasteiger partial charge in [0.2, 0.25) is 0 Å². The molecule has 3 fully saturated rings. The number of rotatable bonds is 2. The number of hydrogen-bond donors (Lipinski definition) is 1. The van der Waals surface area contributed by atoms with Crippen LogP contribution in [-0.2, 0) is 0 Å². The fourth-order valence-corrected chi connectivity index (χ4v) is 3.78. The molecule has 0 aliphatic carbocycles. The van der Waals surface area contributed by atoms with E-state index in [0.29, 0.717) is 23.1 Å². The van der Waals surface area contributed by atoms with Crippen molar-refractivity contribution in [2.24, 2.45) is 5.92 Å². The van der Waals surface area contributed by atoms with Gasteiger partial charge in [0.1, 0.15) is 5.52 Å². The van der Waals surface area contributed by atoms with Gasteiger partial charge in [-0.15, -0.1) is 0 Å². The quantitative estimate of drug-likeness (QED) is 0.917. The molecule has 0 saturated carbocycles. The van der Waals surface area contributed by atoms with Gasteiger partial charge < -0.3 is 9.73 Å². The average Bonchev–Trinajstić information content (AvgIpc) is 2.98. The van der Waals surface area contributed by atoms with Gasteiger partial charge in [0, 0.05) is 17.6 Å². The Bertz CT molecular complexity index is 671. The normalized spacial score (nSPS) is 31.5. The van der Waals surface area contributed by atoms with Gasteiger partial charge in [-0.25, -0.2) is 4.98 Å². The summed E-state index contributed by atoms with van der Waals surface area (Å²) in [5.74, 6) is 0.607. The number of oxazole rings is 1. The minimum absolute atomic E-state index is 0.00880. The van der Waals surface area contributed by atoms with Crippen molar-refractivity contribution in [2.45, 2.75) is 31.8 Å². The molecule has 1 N–H and O–H groups in total. The van der Waals surface area contributed by atoms with Crippen LogP contribution in [0.3, 0.4) is 0 Å². The molecule has 2 bridgehead atoms. The van der Waals surface area contributed by atoms with Gasteiger partial charge in [-0.3, -0.25) is 9.69 Å². The van der Waals surface area contributed by atoms with Crippen molar-refractivity contribution in [3.05, 3.63) is 30.2 Å². The minimum Gasteiger partial charge on any atom is -0.443 e. The summed E-state index contributed by atoms with van der Waals surface area (Å²) < 4.78 is 5.21. The smallest absolute Gasteiger partial charge is 0.251 e. The highest BCUT2D eigenvalue weighted by atomic mass is 16.3. The number of carbonyl (C=O) groups is 1. The molecular weight excluding hydrogens is 266 g/mol. The largest absolute Gasteiger partial charge is 0.443 e. The van der Waals surface area contributed by atoms with E-state index in [1.807, 2.05) is 0 Å². The molecule has 2 atom stereocenters. The summed E-state index contributed by atoms with van der Waals surface area (Å²) in [6.45, 7) is 4.56. The van der Waals surface area contributed by atoms with Gasteiger partial charge in [0.25, 0.3) is 5.91 Å². The van der Waals surface area contributed by atoms with E-state index < -0.39 is 0 Å². The molecule has 4 heterocycles. The Morgan fingerprint density at radius 1 is 1.38 bits per heavy atom. The molecule has 5 heteroatoms. The molecule has 5 rings (SSSR count). The highest BCUT2D eigenvalue weighted by molar-refractivity contribution is 5.97. The van der Waals surface area contributed by atoms with Crippen molar-refractivity contribution in [2.75, 3.05) is 13.1 Å². The summed E-state index contributed by atoms with van der Waals surface area (Å²) in [4.78, 5) is 19.1. The first kappa shape index (κ1) is 12.8. The van der Waals surface area contributed by atoms with E-state index in [0.717, 1.165) is 5.52 Å². The van der Waals surface area contributed by atoms with E-state index in [4.69, 9.17) is 4.42 Å². The number of fused-ring (bicyclic) bond motifs is 4. The summed E-state index contributed by atoms with van der Waals surface area (Å²) in [7, 11) is 0. The highest BCUT2D eigenvalue weighted by Gasteiger charge is 2.40. The van der Waals surface area contributed by atoms with E-state index in [9.17, 15) is 4.79 Å². The van der Waals surface area contributed by atoms with Crippen LogP contribution < -0.4 is 5.32 Å². The fourth-order valence-electron chi connectivity index (χ4n) is 3.78. The van der Waals surface area contributed by atoms with E-state index in [1.165, 1.54) is 32.3 Å². The molecule has 0 spiro atoms. The van der Waals surface area contributed by atoms with Crippen molar-refractivity contribution in [1.82, 2.24) is 15.2 Å². The second kappa shape index (κ2) is 4.84. The number of nitrogens with one attached hydrogen (secondary N) is 1. The molecule has 110 valence electrons. The number of hydrogen-bond acceptors (Lipinski definition) is 4. The predicted octanol–water partition coefficient (Wildman–Crippen LogP) is 2.04. The molecule has 1 unspecified atom stereocenters. The lowest BCUT2D eigenvalue weighted by Crippen LogP contribution is -2.62. The molecule has 2 aromatic rings. The molecule has 5 nitrogen and oxygen atoms in total. The van der Waals surface area contributed by atoms with Gasteiger partial charge >= 0.3 is 0 Å². The third kappa shape index (κ3) is 2.12. The second-order valence-electron chi connectivity index (χ2n) is 6.15. The second-order valence-corrected chi connectivity index (χ2v) is 6.15. The first-order valence-electron chi connectivity index (χ1n) is 7.60. The van der Waals surface area contributed by atoms with Crippen LogP contribution in [0.5, 0.6) is 0 Å². The van der Waals surface area contributed by atoms with E-state index in [1.54, 1.807) is 18.2 Å². The van der Waals surface area contributed by atoms with Crippen molar-refractivity contribution >= 4 is 17.0 Å². The molecular formula is C16H19N3O2. The monoisotopic (exact) mass is 285 g/mol. The standard InChI is InChI=1S/C16H19N3O2/c1-10-15(11-4-6-19(10)7-5-11)18-16(20)12-2-3-14-13(8-12)17-9-21-14/h2-3,8-11,15H,4-7H2,1H3,(H,18,20)/t10?,15-/m1/s1. The molecule has 1 aromatic heterocycles. The Balaban J connectivity index is 1.54. The first-order chi connectivity index (χ1) is 10.2. The number of piperidine rings is 3. The maximum atomic E-state index is 12.5. The van der Waals surface area contributed by atoms with Gasteiger partial charge in [0.15, 0.2) is 12.0 Å². The van der Waals surface area contributed by atoms with Gasteiger partial charge in [0.05, 0.1) is 0 Å². The van der Waals surface area contributed by atoms with Gasteiger partial charge in [-0.2, -0.15) is 0 Å². The van der Waals surface area contributed by atoms with Crippen LogP contribution in [0, 0.1) is 5.92 Å². The van der Waals surface area contributed by atoms with E-state index in [2.05, 4.69) is 22.1 Å². The predicted molar refractivity (Wildman–Crippen MR) is 79.0 cm³/mol. The Kier molecular flexibility index (Phi) is 2.96. The zero-order chi connectivity index (χ0) is 14.4. The topological polar surface area (TPSA) is 58.4 Å². The lowest BCUT2D eigenvalue weighted by Gasteiger charge is -2.49. The highest BCUT2D eigenvalue weighted by Crippen LogP contribution is 2.32. The molecule has 3 aliphatic heterocycles. The lowest BCUT2D eigenvalue weighted by atomic mass is 9.79. The summed E-state index contributed by atoms with van der Waals surface area (Å²) in [6, 6.07) is 6.08. The molecule has 3 saturated heterocycles. The van der Waals surface area contributed by atoms with Crippen molar-refractivity contribution in [1.29, 1.82) is 0 Å². The Morgan fingerprint density at radius 2 is 2.19 bits per heavy atom. The molecule has 1 aromatic carbocycles. The fraction of sp³-hybridized carbons (Fsp3) is 0.500. The zero-order valence-electron chi connectivity index (χ0n) is 12.1. The molecule has 1 amide bonds. The minimum atomic E-state index is -0.00880. The van der Waals surface area contributed by atoms with Gasteiger partial charge in [-0.05, 0) is 57.0 Å². The third-order valence-corrected chi connectivity index (χ3v) is 5.07. The van der Waals surface area contributed by atoms with Gasteiger partial charge in [-0.1, -0.05) is 0 Å². The van der Waals surface area contributed by atoms with Crippen molar-refractivity contribution in [3.8, 4) is 0 Å². The lowest BCUT2D eigenvalue weighted by molar-refractivity contribution is 0.0217. The SMILES string of the molecule is CC1[C@@H](NC(=O)c2ccc3ocnc3c2)C2CCN1CC2. The molecule has 3 aliphatic rings. The van der Waals surface area contributed by atoms with Crippen LogP contribution in [0.25, 0.3) is 11.1 Å². The van der Waals surface area contributed by atoms with Crippen LogP contribution in [0.2, 0.25) is 0 Å².